The lowest BCUT2D eigenvalue weighted by molar-refractivity contribution is -0.0840. The Bertz CT molecular complexity index is 262. The Kier molecular flexibility index (Phi) is 6.65. The summed E-state index contributed by atoms with van der Waals surface area (Å²) in [7, 11) is -9.34. The van der Waals surface area contributed by atoms with Gasteiger partial charge < -0.3 is 0 Å². The summed E-state index contributed by atoms with van der Waals surface area (Å²) < 4.78 is 145. The average molecular weight is 380 g/mol. The minimum atomic E-state index is -5.72. The minimum absolute atomic E-state index is 1.46. The predicted octanol–water partition coefficient (Wildman–Crippen LogP) is 6.42. The molecule has 0 aliphatic rings. The van der Waals surface area contributed by atoms with Gasteiger partial charge in [-0.2, -0.15) is 52.7 Å². The maximum atomic E-state index is 12.1. The van der Waals surface area contributed by atoms with Gasteiger partial charge in [-0.25, -0.2) is 0 Å². The summed E-state index contributed by atoms with van der Waals surface area (Å²) in [6.07, 6.45) is -5.09. The molecule has 0 saturated heterocycles. The van der Waals surface area contributed by atoms with Gasteiger partial charge in [0.15, 0.2) is 0 Å². The molecule has 128 valence electrons. The van der Waals surface area contributed by atoms with Crippen molar-refractivity contribution >= 4 is 15.8 Å². The maximum Gasteiger partial charge on any atom is 0.413 e. The maximum absolute atomic E-state index is 12.1. The standard InChI is InChI=1S/C7H6F12P2/c8-4(9,10)20(5(11,12)13)2-1-3-21(6(14,15)16)7(17,18)19/h1-3H2. The van der Waals surface area contributed by atoms with Crippen LogP contribution in [0.25, 0.3) is 0 Å². The first kappa shape index (κ1) is 21.0. The van der Waals surface area contributed by atoms with E-state index in [9.17, 15) is 52.7 Å². The van der Waals surface area contributed by atoms with Crippen LogP contribution in [-0.4, -0.2) is 36.0 Å². The van der Waals surface area contributed by atoms with Gasteiger partial charge >= 0.3 is 23.7 Å². The number of hydrogen-bond donors (Lipinski definition) is 0. The Morgan fingerprint density at radius 3 is 0.762 bits per heavy atom. The highest BCUT2D eigenvalue weighted by molar-refractivity contribution is 7.60. The van der Waals surface area contributed by atoms with E-state index in [-0.39, 0.29) is 0 Å². The fraction of sp³-hybridized carbons (Fsp3) is 1.00. The first-order valence-electron chi connectivity index (χ1n) is 4.79. The highest BCUT2D eigenvalue weighted by atomic mass is 31.1. The molecular weight excluding hydrogens is 374 g/mol. The quantitative estimate of drug-likeness (QED) is 0.390. The van der Waals surface area contributed by atoms with Crippen molar-refractivity contribution in [3.63, 3.8) is 0 Å². The van der Waals surface area contributed by atoms with Crippen molar-refractivity contribution in [3.8, 4) is 0 Å². The molecule has 0 aromatic carbocycles. The third-order valence-electron chi connectivity index (χ3n) is 1.99. The molecule has 0 heterocycles. The predicted molar refractivity (Wildman–Crippen MR) is 52.4 cm³/mol. The lowest BCUT2D eigenvalue weighted by Gasteiger charge is -2.25. The van der Waals surface area contributed by atoms with Crippen molar-refractivity contribution in [1.29, 1.82) is 0 Å². The second-order valence-corrected chi connectivity index (χ2v) is 8.16. The minimum Gasteiger partial charge on any atom is -0.167 e. The van der Waals surface area contributed by atoms with E-state index in [0.29, 0.717) is 0 Å². The second-order valence-electron chi connectivity index (χ2n) is 3.53. The summed E-state index contributed by atoms with van der Waals surface area (Å²) in [5.74, 6) is -22.9. The Balaban J connectivity index is 4.84. The Hall–Kier alpha value is 0.0200. The van der Waals surface area contributed by atoms with Crippen LogP contribution < -0.4 is 0 Å². The molecule has 21 heavy (non-hydrogen) atoms. The van der Waals surface area contributed by atoms with Crippen molar-refractivity contribution in [3.05, 3.63) is 0 Å². The smallest absolute Gasteiger partial charge is 0.167 e. The average Bonchev–Trinajstić information content (AvgIpc) is 2.07. The topological polar surface area (TPSA) is 0 Å². The Morgan fingerprint density at radius 1 is 0.429 bits per heavy atom. The van der Waals surface area contributed by atoms with Crippen LogP contribution in [0.3, 0.4) is 0 Å². The number of alkyl halides is 12. The molecule has 0 bridgehead atoms. The number of halogens is 12. The van der Waals surface area contributed by atoms with Gasteiger partial charge in [0.2, 0.25) is 0 Å². The highest BCUT2D eigenvalue weighted by Crippen LogP contribution is 2.67. The number of rotatable bonds is 4. The van der Waals surface area contributed by atoms with E-state index >= 15 is 0 Å². The van der Waals surface area contributed by atoms with Crippen molar-refractivity contribution in [2.45, 2.75) is 30.1 Å². The Morgan fingerprint density at radius 2 is 0.619 bits per heavy atom. The van der Waals surface area contributed by atoms with Gasteiger partial charge in [-0.15, -0.1) is 0 Å². The molecule has 0 nitrogen and oxygen atoms in total. The lowest BCUT2D eigenvalue weighted by atomic mass is 10.6. The number of hydrogen-bond acceptors (Lipinski definition) is 0. The fourth-order valence-corrected chi connectivity index (χ4v) is 3.97. The molecule has 0 aliphatic heterocycles. The lowest BCUT2D eigenvalue weighted by Crippen LogP contribution is -2.23. The van der Waals surface area contributed by atoms with E-state index < -0.39 is 58.3 Å². The van der Waals surface area contributed by atoms with Gasteiger partial charge in [-0.3, -0.25) is 0 Å². The largest absolute Gasteiger partial charge is 0.413 e. The summed E-state index contributed by atoms with van der Waals surface area (Å²) in [4.78, 5) is 0. The zero-order chi connectivity index (χ0) is 17.3. The summed E-state index contributed by atoms with van der Waals surface area (Å²) in [5.41, 5.74) is 0. The van der Waals surface area contributed by atoms with Crippen LogP contribution in [-0.2, 0) is 0 Å². The van der Waals surface area contributed by atoms with Gasteiger partial charge in [0, 0.05) is 0 Å². The molecule has 0 atom stereocenters. The molecule has 0 rings (SSSR count). The highest BCUT2D eigenvalue weighted by Gasteiger charge is 2.58. The SMILES string of the molecule is FC(F)(F)P(CCCP(C(F)(F)F)C(F)(F)F)C(F)(F)F. The van der Waals surface area contributed by atoms with Gasteiger partial charge in [-0.05, 0) is 18.7 Å². The molecule has 0 aromatic rings. The van der Waals surface area contributed by atoms with E-state index in [1.807, 2.05) is 0 Å². The van der Waals surface area contributed by atoms with Crippen molar-refractivity contribution in [2.24, 2.45) is 0 Å². The third-order valence-corrected chi connectivity index (χ3v) is 5.96. The summed E-state index contributed by atoms with van der Waals surface area (Å²) in [6.45, 7) is 0. The van der Waals surface area contributed by atoms with E-state index in [4.69, 9.17) is 0 Å². The fourth-order valence-electron chi connectivity index (χ4n) is 1.18. The molecule has 0 radical (unpaired) electrons. The molecule has 0 fully saturated rings. The van der Waals surface area contributed by atoms with Crippen LogP contribution in [0, 0.1) is 0 Å². The molecule has 0 aliphatic carbocycles. The first-order valence-corrected chi connectivity index (χ1v) is 7.85. The van der Waals surface area contributed by atoms with Gasteiger partial charge in [0.25, 0.3) is 0 Å². The van der Waals surface area contributed by atoms with Gasteiger partial charge in [-0.1, -0.05) is 0 Å². The van der Waals surface area contributed by atoms with E-state index in [2.05, 4.69) is 0 Å². The van der Waals surface area contributed by atoms with Crippen LogP contribution in [0.5, 0.6) is 0 Å². The van der Waals surface area contributed by atoms with Gasteiger partial charge in [0.05, 0.1) is 0 Å². The zero-order valence-corrected chi connectivity index (χ0v) is 11.3. The van der Waals surface area contributed by atoms with E-state index in [1.54, 1.807) is 0 Å². The van der Waals surface area contributed by atoms with Crippen LogP contribution in [0.1, 0.15) is 6.42 Å². The molecule has 0 amide bonds. The molecule has 14 heteroatoms. The second kappa shape index (κ2) is 6.64. The van der Waals surface area contributed by atoms with Gasteiger partial charge in [0.1, 0.15) is 15.8 Å². The Labute approximate surface area is 112 Å². The van der Waals surface area contributed by atoms with Crippen LogP contribution >= 0.6 is 15.8 Å². The van der Waals surface area contributed by atoms with Crippen molar-refractivity contribution in [2.75, 3.05) is 12.3 Å². The molecule has 0 spiro atoms. The van der Waals surface area contributed by atoms with E-state index in [0.717, 1.165) is 0 Å². The normalized spacial score (nSPS) is 15.1. The van der Waals surface area contributed by atoms with Crippen molar-refractivity contribution < 1.29 is 52.7 Å². The molecule has 0 N–H and O–H groups in total. The molecule has 0 saturated carbocycles. The monoisotopic (exact) mass is 380 g/mol. The molecular formula is C7H6F12P2. The van der Waals surface area contributed by atoms with E-state index in [1.165, 1.54) is 0 Å². The molecule has 0 unspecified atom stereocenters. The first-order chi connectivity index (χ1) is 8.97. The van der Waals surface area contributed by atoms with Crippen LogP contribution in [0.15, 0.2) is 0 Å². The summed E-state index contributed by atoms with van der Waals surface area (Å²) in [6, 6.07) is 0. The van der Waals surface area contributed by atoms with Crippen molar-refractivity contribution in [1.82, 2.24) is 0 Å². The summed E-state index contributed by atoms with van der Waals surface area (Å²) in [5, 5.41) is 0. The zero-order valence-electron chi connectivity index (χ0n) is 9.55. The van der Waals surface area contributed by atoms with Crippen LogP contribution in [0.4, 0.5) is 52.7 Å². The molecule has 0 aromatic heterocycles. The summed E-state index contributed by atoms with van der Waals surface area (Å²) >= 11 is 0. The van der Waals surface area contributed by atoms with Crippen LogP contribution in [0.2, 0.25) is 0 Å². The third kappa shape index (κ3) is 7.21.